The Hall–Kier alpha value is -2.11. The van der Waals surface area contributed by atoms with Crippen LogP contribution in [0.3, 0.4) is 0 Å². The van der Waals surface area contributed by atoms with Gasteiger partial charge in [-0.3, -0.25) is 0 Å². The van der Waals surface area contributed by atoms with Gasteiger partial charge in [0, 0.05) is 37.2 Å². The summed E-state index contributed by atoms with van der Waals surface area (Å²) in [6.45, 7) is 5.01. The fraction of sp³-hybridized carbons (Fsp3) is 0.364. The zero-order valence-corrected chi connectivity index (χ0v) is 17.0. The molecular weight excluding hydrogens is 356 g/mol. The van der Waals surface area contributed by atoms with Crippen molar-refractivity contribution in [2.24, 2.45) is 7.05 Å². The number of fused-ring (bicyclic) bond motifs is 1. The van der Waals surface area contributed by atoms with Crippen LogP contribution in [0.1, 0.15) is 35.4 Å². The van der Waals surface area contributed by atoms with Crippen molar-refractivity contribution in [3.8, 4) is 0 Å². The zero-order chi connectivity index (χ0) is 19.2. The highest BCUT2D eigenvalue weighted by Crippen LogP contribution is 2.35. The molecule has 1 aliphatic heterocycles. The lowest BCUT2D eigenvalue weighted by atomic mass is 9.90. The third-order valence-corrected chi connectivity index (χ3v) is 7.83. The van der Waals surface area contributed by atoms with Crippen molar-refractivity contribution in [2.45, 2.75) is 37.5 Å². The average molecular weight is 383 g/mol. The van der Waals surface area contributed by atoms with Crippen LogP contribution in [0.5, 0.6) is 0 Å². The maximum atomic E-state index is 13.1. The Bertz CT molecular complexity index is 1090. The summed E-state index contributed by atoms with van der Waals surface area (Å²) in [7, 11) is -1.35. The van der Waals surface area contributed by atoms with Gasteiger partial charge in [0.1, 0.15) is 0 Å². The van der Waals surface area contributed by atoms with Crippen molar-refractivity contribution in [2.75, 3.05) is 13.1 Å². The number of hydrogen-bond donors (Lipinski definition) is 0. The molecule has 4 rings (SSSR count). The standard InChI is InChI=1S/C22H26N2O2S/c1-16-8-9-22(17(2)14-16)27(25,26)24-12-10-18(11-13-24)20-15-23(3)21-7-5-4-6-19(20)21/h4-9,14-15,18H,10-13H2,1-3H3. The van der Waals surface area contributed by atoms with Crippen molar-refractivity contribution in [1.82, 2.24) is 8.87 Å². The van der Waals surface area contributed by atoms with Gasteiger partial charge in [0.05, 0.1) is 4.90 Å². The van der Waals surface area contributed by atoms with Crippen LogP contribution in [-0.4, -0.2) is 30.4 Å². The fourth-order valence-electron chi connectivity index (χ4n) is 4.33. The van der Waals surface area contributed by atoms with Crippen LogP contribution < -0.4 is 0 Å². The first-order chi connectivity index (χ1) is 12.9. The molecular formula is C22H26N2O2S. The van der Waals surface area contributed by atoms with E-state index in [2.05, 4.69) is 42.1 Å². The number of para-hydroxylation sites is 1. The molecule has 27 heavy (non-hydrogen) atoms. The first kappa shape index (κ1) is 18.3. The number of piperidine rings is 1. The average Bonchev–Trinajstić information content (AvgIpc) is 2.99. The van der Waals surface area contributed by atoms with Gasteiger partial charge >= 0.3 is 0 Å². The molecule has 2 heterocycles. The molecule has 1 saturated heterocycles. The van der Waals surface area contributed by atoms with E-state index in [-0.39, 0.29) is 0 Å². The van der Waals surface area contributed by atoms with Crippen LogP contribution in [0.15, 0.2) is 53.6 Å². The molecule has 0 spiro atoms. The number of benzene rings is 2. The molecule has 0 bridgehead atoms. The van der Waals surface area contributed by atoms with Crippen LogP contribution in [0.25, 0.3) is 10.9 Å². The first-order valence-corrected chi connectivity index (χ1v) is 10.9. The van der Waals surface area contributed by atoms with Gasteiger partial charge in [-0.1, -0.05) is 35.9 Å². The Morgan fingerprint density at radius 3 is 2.41 bits per heavy atom. The predicted octanol–water partition coefficient (Wildman–Crippen LogP) is 4.36. The van der Waals surface area contributed by atoms with E-state index in [1.54, 1.807) is 10.4 Å². The summed E-state index contributed by atoms with van der Waals surface area (Å²) < 4.78 is 30.0. The van der Waals surface area contributed by atoms with Gasteiger partial charge in [-0.05, 0) is 55.9 Å². The summed E-state index contributed by atoms with van der Waals surface area (Å²) in [5.74, 6) is 0.404. The van der Waals surface area contributed by atoms with Gasteiger partial charge in [-0.2, -0.15) is 4.31 Å². The molecule has 0 amide bonds. The molecule has 4 nitrogen and oxygen atoms in total. The largest absolute Gasteiger partial charge is 0.350 e. The second-order valence-corrected chi connectivity index (χ2v) is 9.57. The monoisotopic (exact) mass is 382 g/mol. The Morgan fingerprint density at radius 2 is 1.70 bits per heavy atom. The molecule has 0 radical (unpaired) electrons. The predicted molar refractivity (Wildman–Crippen MR) is 110 cm³/mol. The highest BCUT2D eigenvalue weighted by atomic mass is 32.2. The SMILES string of the molecule is Cc1ccc(S(=O)(=O)N2CCC(c3cn(C)c4ccccc34)CC2)c(C)c1. The smallest absolute Gasteiger partial charge is 0.243 e. The van der Waals surface area contributed by atoms with Crippen molar-refractivity contribution in [3.05, 3.63) is 65.4 Å². The minimum absolute atomic E-state index is 0.404. The molecule has 1 fully saturated rings. The Labute approximate surface area is 161 Å². The second kappa shape index (κ2) is 6.80. The molecule has 1 aliphatic rings. The third-order valence-electron chi connectivity index (χ3n) is 5.77. The lowest BCUT2D eigenvalue weighted by molar-refractivity contribution is 0.320. The van der Waals surface area contributed by atoms with E-state index in [1.807, 2.05) is 26.0 Å². The zero-order valence-electron chi connectivity index (χ0n) is 16.1. The molecule has 1 aromatic heterocycles. The van der Waals surface area contributed by atoms with E-state index in [4.69, 9.17) is 0 Å². The number of rotatable bonds is 3. The number of sulfonamides is 1. The van der Waals surface area contributed by atoms with Gasteiger partial charge in [0.25, 0.3) is 0 Å². The van der Waals surface area contributed by atoms with E-state index < -0.39 is 10.0 Å². The highest BCUT2D eigenvalue weighted by molar-refractivity contribution is 7.89. The second-order valence-electron chi connectivity index (χ2n) is 7.66. The van der Waals surface area contributed by atoms with E-state index in [9.17, 15) is 8.42 Å². The van der Waals surface area contributed by atoms with Crippen molar-refractivity contribution >= 4 is 20.9 Å². The summed E-state index contributed by atoms with van der Waals surface area (Å²) in [6.07, 6.45) is 3.93. The maximum Gasteiger partial charge on any atom is 0.243 e. The van der Waals surface area contributed by atoms with Crippen LogP contribution >= 0.6 is 0 Å². The summed E-state index contributed by atoms with van der Waals surface area (Å²) in [6, 6.07) is 14.0. The van der Waals surface area contributed by atoms with E-state index in [0.29, 0.717) is 23.9 Å². The summed E-state index contributed by atoms with van der Waals surface area (Å²) in [5.41, 5.74) is 4.49. The normalized spacial score (nSPS) is 16.9. The third kappa shape index (κ3) is 3.19. The molecule has 142 valence electrons. The minimum Gasteiger partial charge on any atom is -0.350 e. The topological polar surface area (TPSA) is 42.3 Å². The minimum atomic E-state index is -3.42. The lowest BCUT2D eigenvalue weighted by Gasteiger charge is -2.31. The maximum absolute atomic E-state index is 13.1. The Kier molecular flexibility index (Phi) is 4.60. The van der Waals surface area contributed by atoms with Crippen LogP contribution in [0.4, 0.5) is 0 Å². The molecule has 0 aliphatic carbocycles. The Morgan fingerprint density at radius 1 is 1.00 bits per heavy atom. The van der Waals surface area contributed by atoms with Gasteiger partial charge in [-0.15, -0.1) is 0 Å². The van der Waals surface area contributed by atoms with Crippen LogP contribution in [-0.2, 0) is 17.1 Å². The summed E-state index contributed by atoms with van der Waals surface area (Å²) in [4.78, 5) is 0.441. The summed E-state index contributed by atoms with van der Waals surface area (Å²) in [5, 5.41) is 1.29. The number of nitrogens with zero attached hydrogens (tertiary/aromatic N) is 2. The molecule has 0 saturated carbocycles. The number of aromatic nitrogens is 1. The lowest BCUT2D eigenvalue weighted by Crippen LogP contribution is -2.38. The Balaban J connectivity index is 1.56. The van der Waals surface area contributed by atoms with E-state index in [1.165, 1.54) is 16.5 Å². The molecule has 0 unspecified atom stereocenters. The van der Waals surface area contributed by atoms with Crippen molar-refractivity contribution in [1.29, 1.82) is 0 Å². The van der Waals surface area contributed by atoms with Crippen molar-refractivity contribution in [3.63, 3.8) is 0 Å². The molecule has 2 aromatic carbocycles. The van der Waals surface area contributed by atoms with E-state index >= 15 is 0 Å². The van der Waals surface area contributed by atoms with Gasteiger partial charge in [0.15, 0.2) is 0 Å². The summed E-state index contributed by atoms with van der Waals surface area (Å²) >= 11 is 0. The number of hydrogen-bond acceptors (Lipinski definition) is 2. The van der Waals surface area contributed by atoms with Gasteiger partial charge in [-0.25, -0.2) is 8.42 Å². The van der Waals surface area contributed by atoms with Crippen LogP contribution in [0.2, 0.25) is 0 Å². The van der Waals surface area contributed by atoms with Crippen LogP contribution in [0, 0.1) is 13.8 Å². The van der Waals surface area contributed by atoms with E-state index in [0.717, 1.165) is 24.0 Å². The molecule has 5 heteroatoms. The number of aryl methyl sites for hydroxylation is 3. The van der Waals surface area contributed by atoms with Crippen molar-refractivity contribution < 1.29 is 8.42 Å². The quantitative estimate of drug-likeness (QED) is 0.675. The fourth-order valence-corrected chi connectivity index (χ4v) is 6.01. The molecule has 0 N–H and O–H groups in total. The first-order valence-electron chi connectivity index (χ1n) is 9.49. The highest BCUT2D eigenvalue weighted by Gasteiger charge is 2.31. The van der Waals surface area contributed by atoms with Gasteiger partial charge < -0.3 is 4.57 Å². The molecule has 3 aromatic rings. The molecule has 0 atom stereocenters. The van der Waals surface area contributed by atoms with Gasteiger partial charge in [0.2, 0.25) is 10.0 Å².